The third-order valence-corrected chi connectivity index (χ3v) is 6.51. The summed E-state index contributed by atoms with van der Waals surface area (Å²) in [4.78, 5) is 26.8. The van der Waals surface area contributed by atoms with E-state index >= 15 is 0 Å². The molecule has 7 nitrogen and oxygen atoms in total. The molecule has 0 aliphatic rings. The second-order valence-electron chi connectivity index (χ2n) is 6.80. The summed E-state index contributed by atoms with van der Waals surface area (Å²) < 4.78 is 25.8. The molecule has 0 radical (unpaired) electrons. The zero-order valence-electron chi connectivity index (χ0n) is 17.1. The standard InChI is InChI=1S/C20H22Cl3N3O4S/c1-13(20(28)24-2)25(11-14-7-8-16(22)10-18(14)23)19(27)12-26(31(3,29)30)17-6-4-5-15(21)9-17/h4-10,13H,11-12H2,1-3H3,(H,24,28). The molecular formula is C20H22Cl3N3O4S. The van der Waals surface area contributed by atoms with Crippen LogP contribution in [0.3, 0.4) is 0 Å². The Hall–Kier alpha value is -2.00. The van der Waals surface area contributed by atoms with E-state index < -0.39 is 34.4 Å². The molecule has 11 heteroatoms. The van der Waals surface area contributed by atoms with E-state index in [1.165, 1.54) is 30.1 Å². The quantitative estimate of drug-likeness (QED) is 0.593. The third kappa shape index (κ3) is 6.74. The molecule has 0 aliphatic heterocycles. The first kappa shape index (κ1) is 25.3. The Morgan fingerprint density at radius 3 is 2.26 bits per heavy atom. The summed E-state index contributed by atoms with van der Waals surface area (Å²) in [6.45, 7) is 1.01. The maximum absolute atomic E-state index is 13.2. The molecule has 0 bridgehead atoms. The number of carbonyl (C=O) groups is 2. The number of hydrogen-bond acceptors (Lipinski definition) is 4. The minimum absolute atomic E-state index is 0.0173. The highest BCUT2D eigenvalue weighted by Gasteiger charge is 2.30. The van der Waals surface area contributed by atoms with Crippen molar-refractivity contribution in [1.82, 2.24) is 10.2 Å². The molecule has 2 amide bonds. The normalized spacial score (nSPS) is 12.2. The fourth-order valence-electron chi connectivity index (χ4n) is 2.87. The van der Waals surface area contributed by atoms with Gasteiger partial charge in [-0.1, -0.05) is 46.9 Å². The second-order valence-corrected chi connectivity index (χ2v) is 9.98. The summed E-state index contributed by atoms with van der Waals surface area (Å²) in [5.74, 6) is -1.00. The van der Waals surface area contributed by atoms with Crippen molar-refractivity contribution in [3.05, 3.63) is 63.1 Å². The first-order valence-corrected chi connectivity index (χ1v) is 12.1. The first-order valence-electron chi connectivity index (χ1n) is 9.12. The van der Waals surface area contributed by atoms with Crippen LogP contribution in [0.4, 0.5) is 5.69 Å². The van der Waals surface area contributed by atoms with Gasteiger partial charge in [-0.15, -0.1) is 0 Å². The van der Waals surface area contributed by atoms with Crippen molar-refractivity contribution < 1.29 is 18.0 Å². The molecule has 0 spiro atoms. The lowest BCUT2D eigenvalue weighted by atomic mass is 10.1. The van der Waals surface area contributed by atoms with Crippen LogP contribution < -0.4 is 9.62 Å². The van der Waals surface area contributed by atoms with Gasteiger partial charge in [0.25, 0.3) is 0 Å². The maximum atomic E-state index is 13.2. The average molecular weight is 507 g/mol. The van der Waals surface area contributed by atoms with Gasteiger partial charge in [-0.2, -0.15) is 0 Å². The van der Waals surface area contributed by atoms with E-state index in [9.17, 15) is 18.0 Å². The van der Waals surface area contributed by atoms with Crippen molar-refractivity contribution >= 4 is 62.3 Å². The molecule has 0 saturated carbocycles. The molecule has 168 valence electrons. The van der Waals surface area contributed by atoms with Crippen molar-refractivity contribution in [3.8, 4) is 0 Å². The molecule has 2 aromatic carbocycles. The van der Waals surface area contributed by atoms with Crippen LogP contribution in [0.1, 0.15) is 12.5 Å². The van der Waals surface area contributed by atoms with E-state index in [1.54, 1.807) is 31.2 Å². The number of carbonyl (C=O) groups excluding carboxylic acids is 2. The molecule has 0 aromatic heterocycles. The lowest BCUT2D eigenvalue weighted by Crippen LogP contribution is -2.50. The van der Waals surface area contributed by atoms with Crippen LogP contribution in [0, 0.1) is 0 Å². The Morgan fingerprint density at radius 2 is 1.71 bits per heavy atom. The van der Waals surface area contributed by atoms with Crippen LogP contribution >= 0.6 is 34.8 Å². The fraction of sp³-hybridized carbons (Fsp3) is 0.300. The molecule has 31 heavy (non-hydrogen) atoms. The number of halogens is 3. The van der Waals surface area contributed by atoms with E-state index in [1.807, 2.05) is 0 Å². The number of nitrogens with zero attached hydrogens (tertiary/aromatic N) is 2. The summed E-state index contributed by atoms with van der Waals surface area (Å²) in [5.41, 5.74) is 0.796. The van der Waals surface area contributed by atoms with Gasteiger partial charge in [-0.05, 0) is 42.8 Å². The van der Waals surface area contributed by atoms with Gasteiger partial charge in [0.1, 0.15) is 12.6 Å². The van der Waals surface area contributed by atoms with Gasteiger partial charge >= 0.3 is 0 Å². The summed E-state index contributed by atoms with van der Waals surface area (Å²) >= 11 is 18.2. The number of amides is 2. The van der Waals surface area contributed by atoms with Crippen LogP contribution in [-0.2, 0) is 26.2 Å². The van der Waals surface area contributed by atoms with Crippen LogP contribution in [-0.4, -0.2) is 51.0 Å². The molecule has 1 unspecified atom stereocenters. The molecule has 2 aromatic rings. The van der Waals surface area contributed by atoms with Crippen LogP contribution in [0.2, 0.25) is 15.1 Å². The first-order chi connectivity index (χ1) is 14.4. The van der Waals surface area contributed by atoms with Gasteiger partial charge in [0, 0.05) is 28.7 Å². The van der Waals surface area contributed by atoms with Gasteiger partial charge in [-0.3, -0.25) is 13.9 Å². The molecule has 0 aliphatic carbocycles. The van der Waals surface area contributed by atoms with Crippen LogP contribution in [0.25, 0.3) is 0 Å². The van der Waals surface area contributed by atoms with Gasteiger partial charge in [0.05, 0.1) is 11.9 Å². The number of rotatable bonds is 8. The van der Waals surface area contributed by atoms with E-state index in [0.717, 1.165) is 10.6 Å². The minimum atomic E-state index is -3.82. The number of anilines is 1. The predicted molar refractivity (Wildman–Crippen MR) is 124 cm³/mol. The Bertz CT molecular complexity index is 1080. The summed E-state index contributed by atoms with van der Waals surface area (Å²) in [6.07, 6.45) is 0.990. The Labute approximate surface area is 196 Å². The highest BCUT2D eigenvalue weighted by molar-refractivity contribution is 7.92. The van der Waals surface area contributed by atoms with Crippen molar-refractivity contribution in [2.75, 3.05) is 24.2 Å². The monoisotopic (exact) mass is 505 g/mol. The number of sulfonamides is 1. The fourth-order valence-corrected chi connectivity index (χ4v) is 4.36. The molecule has 2 rings (SSSR count). The molecule has 1 N–H and O–H groups in total. The van der Waals surface area contributed by atoms with E-state index in [-0.39, 0.29) is 12.2 Å². The van der Waals surface area contributed by atoms with Gasteiger partial charge in [0.15, 0.2) is 0 Å². The van der Waals surface area contributed by atoms with Crippen LogP contribution in [0.15, 0.2) is 42.5 Å². The molecule has 0 fully saturated rings. The molecule has 0 heterocycles. The van der Waals surface area contributed by atoms with Crippen molar-refractivity contribution in [2.45, 2.75) is 19.5 Å². The minimum Gasteiger partial charge on any atom is -0.357 e. The SMILES string of the molecule is CNC(=O)C(C)N(Cc1ccc(Cl)cc1Cl)C(=O)CN(c1cccc(Cl)c1)S(C)(=O)=O. The van der Waals surface area contributed by atoms with Crippen molar-refractivity contribution in [3.63, 3.8) is 0 Å². The lowest BCUT2D eigenvalue weighted by molar-refractivity contribution is -0.139. The zero-order chi connectivity index (χ0) is 23.3. The van der Waals surface area contributed by atoms with E-state index in [0.29, 0.717) is 20.6 Å². The Morgan fingerprint density at radius 1 is 1.06 bits per heavy atom. The predicted octanol–water partition coefficient (Wildman–Crippen LogP) is 3.58. The van der Waals surface area contributed by atoms with Crippen molar-refractivity contribution in [1.29, 1.82) is 0 Å². The summed E-state index contributed by atoms with van der Waals surface area (Å²) in [6, 6.07) is 10.1. The lowest BCUT2D eigenvalue weighted by Gasteiger charge is -2.31. The van der Waals surface area contributed by atoms with Gasteiger partial charge in [-0.25, -0.2) is 8.42 Å². The molecule has 1 atom stereocenters. The summed E-state index contributed by atoms with van der Waals surface area (Å²) in [7, 11) is -2.37. The third-order valence-electron chi connectivity index (χ3n) is 4.54. The number of nitrogens with one attached hydrogen (secondary N) is 1. The highest BCUT2D eigenvalue weighted by atomic mass is 35.5. The Kier molecular flexibility index (Phi) is 8.59. The topological polar surface area (TPSA) is 86.8 Å². The van der Waals surface area contributed by atoms with E-state index in [2.05, 4.69) is 5.32 Å². The molecule has 0 saturated heterocycles. The summed E-state index contributed by atoms with van der Waals surface area (Å²) in [5, 5.41) is 3.57. The second kappa shape index (κ2) is 10.5. The van der Waals surface area contributed by atoms with Gasteiger partial charge in [0.2, 0.25) is 21.8 Å². The largest absolute Gasteiger partial charge is 0.357 e. The number of likely N-dealkylation sites (N-methyl/N-ethyl adjacent to an activating group) is 1. The smallest absolute Gasteiger partial charge is 0.244 e. The van der Waals surface area contributed by atoms with Crippen LogP contribution in [0.5, 0.6) is 0 Å². The highest BCUT2D eigenvalue weighted by Crippen LogP contribution is 2.25. The van der Waals surface area contributed by atoms with Crippen molar-refractivity contribution in [2.24, 2.45) is 0 Å². The van der Waals surface area contributed by atoms with Gasteiger partial charge < -0.3 is 10.2 Å². The zero-order valence-corrected chi connectivity index (χ0v) is 20.2. The maximum Gasteiger partial charge on any atom is 0.244 e. The molecular weight excluding hydrogens is 485 g/mol. The Balaban J connectivity index is 2.41. The average Bonchev–Trinajstić information content (AvgIpc) is 2.69. The van der Waals surface area contributed by atoms with E-state index in [4.69, 9.17) is 34.8 Å². The number of benzene rings is 2. The number of hydrogen-bond donors (Lipinski definition) is 1.